The first-order chi connectivity index (χ1) is 5.38. The molecule has 0 bridgehead atoms. The third-order valence-corrected chi connectivity index (χ3v) is 1.26. The van der Waals surface area contributed by atoms with Gasteiger partial charge in [-0.2, -0.15) is 0 Å². The molecule has 3 nitrogen and oxygen atoms in total. The van der Waals surface area contributed by atoms with E-state index in [2.05, 4.69) is 11.1 Å². The maximum atomic E-state index is 4.98. The summed E-state index contributed by atoms with van der Waals surface area (Å²) in [5.74, 6) is 0.578. The van der Waals surface area contributed by atoms with Gasteiger partial charge in [0.25, 0.3) is 0 Å². The van der Waals surface area contributed by atoms with Gasteiger partial charge in [0.15, 0.2) is 0 Å². The number of ether oxygens (including phenoxy) is 2. The van der Waals surface area contributed by atoms with Crippen LogP contribution in [0.25, 0.3) is 0 Å². The van der Waals surface area contributed by atoms with Gasteiger partial charge in [-0.25, -0.2) is 4.98 Å². The minimum Gasteiger partial charge on any atom is -0.481 e. The van der Waals surface area contributed by atoms with Gasteiger partial charge >= 0.3 is 0 Å². The zero-order valence-corrected chi connectivity index (χ0v) is 6.63. The summed E-state index contributed by atoms with van der Waals surface area (Å²) in [5, 5.41) is 0. The molecular formula is C8H10NO2. The molecule has 0 aliphatic carbocycles. The first-order valence-electron chi connectivity index (χ1n) is 3.27. The summed E-state index contributed by atoms with van der Waals surface area (Å²) >= 11 is 0. The van der Waals surface area contributed by atoms with Crippen LogP contribution in [0.2, 0.25) is 0 Å². The second kappa shape index (κ2) is 3.93. The SMILES string of the molecule is COCc1[c]ccnc1OC. The second-order valence-electron chi connectivity index (χ2n) is 2.01. The first kappa shape index (κ1) is 8.01. The Labute approximate surface area is 66.0 Å². The highest BCUT2D eigenvalue weighted by Crippen LogP contribution is 2.12. The summed E-state index contributed by atoms with van der Waals surface area (Å²) in [6, 6.07) is 4.71. The number of hydrogen-bond acceptors (Lipinski definition) is 3. The molecule has 0 amide bonds. The monoisotopic (exact) mass is 152 g/mol. The molecule has 1 rings (SSSR count). The summed E-state index contributed by atoms with van der Waals surface area (Å²) in [5.41, 5.74) is 0.845. The van der Waals surface area contributed by atoms with Crippen molar-refractivity contribution in [3.63, 3.8) is 0 Å². The molecule has 1 aromatic heterocycles. The lowest BCUT2D eigenvalue weighted by Gasteiger charge is -2.03. The minimum absolute atomic E-state index is 0.483. The second-order valence-corrected chi connectivity index (χ2v) is 2.01. The molecule has 59 valence electrons. The molecule has 0 atom stereocenters. The highest BCUT2D eigenvalue weighted by atomic mass is 16.5. The fourth-order valence-corrected chi connectivity index (χ4v) is 0.806. The van der Waals surface area contributed by atoms with Crippen LogP contribution in [0.5, 0.6) is 5.88 Å². The average molecular weight is 152 g/mol. The number of methoxy groups -OCH3 is 2. The average Bonchev–Trinajstić information content (AvgIpc) is 2.06. The highest BCUT2D eigenvalue weighted by molar-refractivity contribution is 5.22. The van der Waals surface area contributed by atoms with Crippen LogP contribution >= 0.6 is 0 Å². The fourth-order valence-electron chi connectivity index (χ4n) is 0.806. The van der Waals surface area contributed by atoms with E-state index in [4.69, 9.17) is 9.47 Å². The van der Waals surface area contributed by atoms with Crippen molar-refractivity contribution in [3.05, 3.63) is 23.9 Å². The van der Waals surface area contributed by atoms with Crippen molar-refractivity contribution >= 4 is 0 Å². The van der Waals surface area contributed by atoms with Gasteiger partial charge in [-0.3, -0.25) is 0 Å². The van der Waals surface area contributed by atoms with Crippen molar-refractivity contribution in [2.24, 2.45) is 0 Å². The summed E-state index contributed by atoms with van der Waals surface area (Å²) < 4.78 is 9.89. The maximum Gasteiger partial charge on any atom is 0.219 e. The van der Waals surface area contributed by atoms with Gasteiger partial charge in [0.1, 0.15) is 0 Å². The number of hydrogen-bond donors (Lipinski definition) is 0. The molecule has 1 aromatic rings. The molecule has 0 aromatic carbocycles. The Kier molecular flexibility index (Phi) is 2.86. The van der Waals surface area contributed by atoms with Crippen LogP contribution in [-0.2, 0) is 11.3 Å². The van der Waals surface area contributed by atoms with Crippen LogP contribution in [0, 0.1) is 6.07 Å². The lowest BCUT2D eigenvalue weighted by molar-refractivity contribution is 0.180. The van der Waals surface area contributed by atoms with Gasteiger partial charge in [0.2, 0.25) is 5.88 Å². The standard InChI is InChI=1S/C8H10NO2/c1-10-6-7-4-3-5-9-8(7)11-2/h3,5H,6H2,1-2H3. The smallest absolute Gasteiger partial charge is 0.219 e. The lowest BCUT2D eigenvalue weighted by Crippen LogP contribution is -1.95. The zero-order chi connectivity index (χ0) is 8.10. The molecule has 0 N–H and O–H groups in total. The van der Waals surface area contributed by atoms with E-state index < -0.39 is 0 Å². The topological polar surface area (TPSA) is 31.4 Å². The van der Waals surface area contributed by atoms with Gasteiger partial charge in [-0.05, 0) is 12.1 Å². The van der Waals surface area contributed by atoms with Crippen molar-refractivity contribution in [1.82, 2.24) is 4.98 Å². The fraction of sp³-hybridized carbons (Fsp3) is 0.375. The molecule has 0 spiro atoms. The molecule has 0 unspecified atom stereocenters. The summed E-state index contributed by atoms with van der Waals surface area (Å²) in [4.78, 5) is 3.98. The van der Waals surface area contributed by atoms with E-state index in [9.17, 15) is 0 Å². The first-order valence-corrected chi connectivity index (χ1v) is 3.27. The predicted molar refractivity (Wildman–Crippen MR) is 40.3 cm³/mol. The maximum absolute atomic E-state index is 4.98. The molecule has 0 saturated carbocycles. The summed E-state index contributed by atoms with van der Waals surface area (Å²) in [6.45, 7) is 0.483. The van der Waals surface area contributed by atoms with E-state index >= 15 is 0 Å². The third kappa shape index (κ3) is 1.91. The van der Waals surface area contributed by atoms with Crippen molar-refractivity contribution in [1.29, 1.82) is 0 Å². The Morgan fingerprint density at radius 3 is 3.00 bits per heavy atom. The van der Waals surface area contributed by atoms with Crippen molar-refractivity contribution in [2.45, 2.75) is 6.61 Å². The van der Waals surface area contributed by atoms with Crippen LogP contribution < -0.4 is 4.74 Å². The number of aromatic nitrogens is 1. The number of pyridine rings is 1. The van der Waals surface area contributed by atoms with E-state index in [-0.39, 0.29) is 0 Å². The van der Waals surface area contributed by atoms with Crippen LogP contribution in [0.1, 0.15) is 5.56 Å². The van der Waals surface area contributed by atoms with E-state index in [0.29, 0.717) is 12.5 Å². The van der Waals surface area contributed by atoms with Crippen LogP contribution in [0.4, 0.5) is 0 Å². The highest BCUT2D eigenvalue weighted by Gasteiger charge is 2.00. The van der Waals surface area contributed by atoms with E-state index in [1.165, 1.54) is 0 Å². The summed E-state index contributed by atoms with van der Waals surface area (Å²) in [6.07, 6.45) is 1.64. The van der Waals surface area contributed by atoms with Crippen LogP contribution in [0.3, 0.4) is 0 Å². The van der Waals surface area contributed by atoms with Crippen LogP contribution in [-0.4, -0.2) is 19.2 Å². The Hall–Kier alpha value is -1.09. The largest absolute Gasteiger partial charge is 0.481 e. The van der Waals surface area contributed by atoms with E-state index in [1.807, 2.05) is 0 Å². The van der Waals surface area contributed by atoms with Crippen LogP contribution in [0.15, 0.2) is 12.3 Å². The van der Waals surface area contributed by atoms with Gasteiger partial charge in [-0.15, -0.1) is 0 Å². The van der Waals surface area contributed by atoms with Gasteiger partial charge in [-0.1, -0.05) is 0 Å². The molecule has 0 fully saturated rings. The zero-order valence-electron chi connectivity index (χ0n) is 6.63. The Morgan fingerprint density at radius 2 is 2.36 bits per heavy atom. The molecule has 0 aliphatic rings. The Balaban J connectivity index is 2.83. The summed E-state index contributed by atoms with van der Waals surface area (Å²) in [7, 11) is 3.20. The molecule has 11 heavy (non-hydrogen) atoms. The number of rotatable bonds is 3. The van der Waals surface area contributed by atoms with E-state index in [1.54, 1.807) is 26.5 Å². The van der Waals surface area contributed by atoms with Gasteiger partial charge in [0.05, 0.1) is 13.7 Å². The molecule has 1 heterocycles. The van der Waals surface area contributed by atoms with E-state index in [0.717, 1.165) is 5.56 Å². The van der Waals surface area contributed by atoms with Crippen molar-refractivity contribution < 1.29 is 9.47 Å². The molecule has 0 saturated heterocycles. The minimum atomic E-state index is 0.483. The van der Waals surface area contributed by atoms with Gasteiger partial charge < -0.3 is 9.47 Å². The predicted octanol–water partition coefficient (Wildman–Crippen LogP) is 1.04. The molecular weight excluding hydrogens is 142 g/mol. The lowest BCUT2D eigenvalue weighted by atomic mass is 10.3. The van der Waals surface area contributed by atoms with Crippen molar-refractivity contribution in [3.8, 4) is 5.88 Å². The van der Waals surface area contributed by atoms with Gasteiger partial charge in [0, 0.05) is 18.9 Å². The molecule has 1 radical (unpaired) electrons. The molecule has 0 aliphatic heterocycles. The normalized spacial score (nSPS) is 9.64. The van der Waals surface area contributed by atoms with Crippen molar-refractivity contribution in [2.75, 3.05) is 14.2 Å². The molecule has 3 heteroatoms. The quantitative estimate of drug-likeness (QED) is 0.648. The number of nitrogens with zero attached hydrogens (tertiary/aromatic N) is 1. The Morgan fingerprint density at radius 1 is 1.55 bits per heavy atom. The Bertz CT molecular complexity index is 225. The third-order valence-electron chi connectivity index (χ3n) is 1.26.